The van der Waals surface area contributed by atoms with Crippen LogP contribution in [0.1, 0.15) is 17.3 Å². The van der Waals surface area contributed by atoms with Crippen LogP contribution in [-0.4, -0.2) is 26.3 Å². The molecule has 2 aromatic rings. The van der Waals surface area contributed by atoms with Crippen molar-refractivity contribution in [2.24, 2.45) is 0 Å². The highest BCUT2D eigenvalue weighted by Crippen LogP contribution is 2.23. The van der Waals surface area contributed by atoms with Gasteiger partial charge in [0.25, 0.3) is 10.0 Å². The quantitative estimate of drug-likeness (QED) is 0.772. The van der Waals surface area contributed by atoms with Crippen molar-refractivity contribution < 1.29 is 31.2 Å². The van der Waals surface area contributed by atoms with Crippen LogP contribution < -0.4 is 10.0 Å². The minimum Gasteiger partial charge on any atom is -0.318 e. The monoisotopic (exact) mass is 386 g/mol. The van der Waals surface area contributed by atoms with E-state index in [2.05, 4.69) is 4.72 Å². The van der Waals surface area contributed by atoms with Crippen molar-refractivity contribution in [3.8, 4) is 0 Å². The lowest BCUT2D eigenvalue weighted by molar-refractivity contribution is -0.167. The van der Waals surface area contributed by atoms with E-state index in [1.54, 1.807) is 17.4 Å². The van der Waals surface area contributed by atoms with E-state index in [1.807, 2.05) is 0 Å². The highest BCUT2D eigenvalue weighted by Gasteiger charge is 2.38. The molecule has 0 saturated carbocycles. The first-order chi connectivity index (χ1) is 12.0. The van der Waals surface area contributed by atoms with Crippen LogP contribution in [0.5, 0.6) is 0 Å². The largest absolute Gasteiger partial charge is 0.471 e. The van der Waals surface area contributed by atoms with Crippen LogP contribution >= 0.6 is 0 Å². The summed E-state index contributed by atoms with van der Waals surface area (Å²) in [6, 6.07) is 10.1. The molecule has 2 rings (SSSR count). The lowest BCUT2D eigenvalue weighted by Crippen LogP contribution is -2.29. The van der Waals surface area contributed by atoms with Gasteiger partial charge in [-0.15, -0.1) is 0 Å². The predicted octanol–water partition coefficient (Wildman–Crippen LogP) is 3.19. The number of Topliss-reactive ketones (excluding diaryl/α,β-unsaturated/α-hetero) is 1. The number of carbonyl (C=O) groups is 2. The van der Waals surface area contributed by atoms with E-state index in [0.717, 1.165) is 24.3 Å². The zero-order chi connectivity index (χ0) is 19.5. The third-order valence-electron chi connectivity index (χ3n) is 3.23. The smallest absolute Gasteiger partial charge is 0.318 e. The molecule has 26 heavy (non-hydrogen) atoms. The average Bonchev–Trinajstić information content (AvgIpc) is 2.54. The van der Waals surface area contributed by atoms with E-state index in [-0.39, 0.29) is 27.6 Å². The van der Waals surface area contributed by atoms with Crippen LogP contribution in [0, 0.1) is 0 Å². The number of anilines is 2. The van der Waals surface area contributed by atoms with Gasteiger partial charge in [-0.05, 0) is 43.3 Å². The third kappa shape index (κ3) is 4.60. The molecule has 0 unspecified atom stereocenters. The van der Waals surface area contributed by atoms with Gasteiger partial charge in [-0.25, -0.2) is 8.42 Å². The van der Waals surface area contributed by atoms with Crippen LogP contribution in [-0.2, 0) is 14.8 Å². The fourth-order valence-electron chi connectivity index (χ4n) is 2.00. The zero-order valence-corrected chi connectivity index (χ0v) is 14.1. The number of halogens is 3. The van der Waals surface area contributed by atoms with Crippen molar-refractivity contribution in [2.75, 3.05) is 10.0 Å². The Morgan fingerprint density at radius 3 is 2.08 bits per heavy atom. The molecule has 0 saturated heterocycles. The minimum absolute atomic E-state index is 0.0782. The number of hydrogen-bond donors (Lipinski definition) is 2. The van der Waals surface area contributed by atoms with Gasteiger partial charge in [0, 0.05) is 11.3 Å². The molecular formula is C16H13F3N2O4S. The molecule has 0 atom stereocenters. The Balaban J connectivity index is 2.23. The second kappa shape index (κ2) is 7.16. The highest BCUT2D eigenvalue weighted by molar-refractivity contribution is 7.92. The number of nitrogens with one attached hydrogen (secondary N) is 2. The van der Waals surface area contributed by atoms with Crippen molar-refractivity contribution in [1.82, 2.24) is 0 Å². The summed E-state index contributed by atoms with van der Waals surface area (Å²) in [5, 5.41) is 1.61. The number of alkyl halides is 3. The summed E-state index contributed by atoms with van der Waals surface area (Å²) in [5.41, 5.74) is 0.0370. The molecule has 0 spiro atoms. The summed E-state index contributed by atoms with van der Waals surface area (Å²) in [7, 11) is -4.08. The minimum atomic E-state index is -5.05. The summed E-state index contributed by atoms with van der Waals surface area (Å²) in [6.45, 7) is 1.28. The van der Waals surface area contributed by atoms with Gasteiger partial charge in [0.2, 0.25) is 0 Å². The van der Waals surface area contributed by atoms with Gasteiger partial charge in [-0.1, -0.05) is 12.1 Å². The maximum atomic E-state index is 12.4. The maximum Gasteiger partial charge on any atom is 0.471 e. The molecule has 0 aliphatic carbocycles. The normalized spacial score (nSPS) is 11.7. The summed E-state index contributed by atoms with van der Waals surface area (Å²) in [4.78, 5) is 22.2. The van der Waals surface area contributed by atoms with Gasteiger partial charge >= 0.3 is 12.1 Å². The SMILES string of the molecule is CC(=O)c1ccccc1NS(=O)(=O)c1ccc(NC(=O)C(F)(F)F)cc1. The Bertz CT molecular complexity index is 939. The van der Waals surface area contributed by atoms with E-state index in [9.17, 15) is 31.2 Å². The molecule has 0 heterocycles. The Morgan fingerprint density at radius 1 is 0.962 bits per heavy atom. The van der Waals surface area contributed by atoms with Crippen molar-refractivity contribution in [1.29, 1.82) is 0 Å². The lowest BCUT2D eigenvalue weighted by atomic mass is 10.1. The second-order valence-electron chi connectivity index (χ2n) is 5.18. The number of ketones is 1. The number of rotatable bonds is 5. The van der Waals surface area contributed by atoms with Gasteiger partial charge in [0.15, 0.2) is 5.78 Å². The van der Waals surface area contributed by atoms with Crippen LogP contribution in [0.4, 0.5) is 24.5 Å². The van der Waals surface area contributed by atoms with Crippen LogP contribution in [0.2, 0.25) is 0 Å². The standard InChI is InChI=1S/C16H13F3N2O4S/c1-10(22)13-4-2-3-5-14(13)21-26(24,25)12-8-6-11(7-9-12)20-15(23)16(17,18)19/h2-9,21H,1H3,(H,20,23). The number of para-hydroxylation sites is 1. The van der Waals surface area contributed by atoms with E-state index < -0.39 is 22.1 Å². The van der Waals surface area contributed by atoms with E-state index >= 15 is 0 Å². The number of benzene rings is 2. The number of hydrogen-bond acceptors (Lipinski definition) is 4. The van der Waals surface area contributed by atoms with Crippen LogP contribution in [0.15, 0.2) is 53.4 Å². The molecule has 0 fully saturated rings. The number of carbonyl (C=O) groups excluding carboxylic acids is 2. The van der Waals surface area contributed by atoms with Crippen molar-refractivity contribution in [2.45, 2.75) is 18.0 Å². The van der Waals surface area contributed by atoms with Crippen molar-refractivity contribution in [3.05, 3.63) is 54.1 Å². The number of sulfonamides is 1. The molecule has 1 amide bonds. The Hall–Kier alpha value is -2.88. The zero-order valence-electron chi connectivity index (χ0n) is 13.3. The molecule has 2 N–H and O–H groups in total. The third-order valence-corrected chi connectivity index (χ3v) is 4.61. The Kier molecular flexibility index (Phi) is 5.36. The van der Waals surface area contributed by atoms with Crippen molar-refractivity contribution >= 4 is 33.1 Å². The predicted molar refractivity (Wildman–Crippen MR) is 88.4 cm³/mol. The van der Waals surface area contributed by atoms with Crippen LogP contribution in [0.25, 0.3) is 0 Å². The summed E-state index contributed by atoms with van der Waals surface area (Å²) < 4.78 is 63.6. The fraction of sp³-hybridized carbons (Fsp3) is 0.125. The van der Waals surface area contributed by atoms with Gasteiger partial charge in [0.05, 0.1) is 10.6 Å². The van der Waals surface area contributed by atoms with E-state index in [0.29, 0.717) is 0 Å². The molecule has 138 valence electrons. The molecular weight excluding hydrogens is 373 g/mol. The van der Waals surface area contributed by atoms with E-state index in [4.69, 9.17) is 0 Å². The van der Waals surface area contributed by atoms with E-state index in [1.165, 1.54) is 19.1 Å². The Morgan fingerprint density at radius 2 is 1.54 bits per heavy atom. The topological polar surface area (TPSA) is 92.3 Å². The van der Waals surface area contributed by atoms with Gasteiger partial charge in [-0.3, -0.25) is 14.3 Å². The van der Waals surface area contributed by atoms with Gasteiger partial charge in [0.1, 0.15) is 0 Å². The first-order valence-electron chi connectivity index (χ1n) is 7.12. The van der Waals surface area contributed by atoms with Crippen molar-refractivity contribution in [3.63, 3.8) is 0 Å². The molecule has 10 heteroatoms. The first kappa shape index (κ1) is 19.4. The fourth-order valence-corrected chi connectivity index (χ4v) is 3.08. The summed E-state index contributed by atoms with van der Waals surface area (Å²) in [6.07, 6.45) is -5.05. The highest BCUT2D eigenvalue weighted by atomic mass is 32.2. The number of amides is 1. The molecule has 2 aromatic carbocycles. The van der Waals surface area contributed by atoms with Gasteiger partial charge in [-0.2, -0.15) is 13.2 Å². The van der Waals surface area contributed by atoms with Gasteiger partial charge < -0.3 is 5.32 Å². The maximum absolute atomic E-state index is 12.4. The second-order valence-corrected chi connectivity index (χ2v) is 6.87. The molecule has 0 bridgehead atoms. The molecule has 6 nitrogen and oxygen atoms in total. The molecule has 0 aromatic heterocycles. The lowest BCUT2D eigenvalue weighted by Gasteiger charge is -2.12. The summed E-state index contributed by atoms with van der Waals surface area (Å²) >= 11 is 0. The average molecular weight is 386 g/mol. The molecule has 0 radical (unpaired) electrons. The summed E-state index contributed by atoms with van der Waals surface area (Å²) in [5.74, 6) is -2.50. The Labute approximate surface area is 147 Å². The van der Waals surface area contributed by atoms with Crippen LogP contribution in [0.3, 0.4) is 0 Å². The molecule has 0 aliphatic heterocycles. The first-order valence-corrected chi connectivity index (χ1v) is 8.60. The molecule has 0 aliphatic rings.